The molecular weight excluding hydrogens is 284 g/mol. The molecule has 1 atom stereocenters. The van der Waals surface area contributed by atoms with Crippen LogP contribution in [-0.4, -0.2) is 50.2 Å². The summed E-state index contributed by atoms with van der Waals surface area (Å²) in [5.74, 6) is 0. The molecule has 2 heterocycles. The summed E-state index contributed by atoms with van der Waals surface area (Å²) < 4.78 is 7.03. The fraction of sp³-hybridized carbons (Fsp3) is 0.733. The smallest absolute Gasteiger partial charge is 0.410 e. The van der Waals surface area contributed by atoms with E-state index in [4.69, 9.17) is 10.5 Å². The number of nitrogens with zero attached hydrogens (tertiary/aromatic N) is 3. The van der Waals surface area contributed by atoms with Crippen molar-refractivity contribution >= 4 is 6.09 Å². The largest absolute Gasteiger partial charge is 0.444 e. The minimum atomic E-state index is -1.04. The van der Waals surface area contributed by atoms with Crippen molar-refractivity contribution in [3.63, 3.8) is 0 Å². The lowest BCUT2D eigenvalue weighted by molar-refractivity contribution is -0.0489. The summed E-state index contributed by atoms with van der Waals surface area (Å²) in [6.45, 7) is 6.37. The molecule has 124 valence electrons. The minimum absolute atomic E-state index is 0.344. The van der Waals surface area contributed by atoms with E-state index in [9.17, 15) is 9.90 Å². The molecule has 22 heavy (non-hydrogen) atoms. The highest BCUT2D eigenvalue weighted by molar-refractivity contribution is 5.68. The van der Waals surface area contributed by atoms with Crippen molar-refractivity contribution in [3.8, 4) is 0 Å². The van der Waals surface area contributed by atoms with Crippen LogP contribution in [0.4, 0.5) is 4.79 Å². The molecule has 1 saturated heterocycles. The molecule has 0 radical (unpaired) electrons. The predicted octanol–water partition coefficient (Wildman–Crippen LogP) is 1.18. The van der Waals surface area contributed by atoms with Crippen LogP contribution in [0.25, 0.3) is 0 Å². The summed E-state index contributed by atoms with van der Waals surface area (Å²) >= 11 is 0. The van der Waals surface area contributed by atoms with E-state index in [0.29, 0.717) is 25.9 Å². The van der Waals surface area contributed by atoms with E-state index in [-0.39, 0.29) is 6.09 Å². The molecule has 0 saturated carbocycles. The van der Waals surface area contributed by atoms with E-state index >= 15 is 0 Å². The zero-order valence-corrected chi connectivity index (χ0v) is 13.7. The van der Waals surface area contributed by atoms with Gasteiger partial charge in [0.1, 0.15) is 5.60 Å². The third-order valence-electron chi connectivity index (χ3n) is 4.04. The van der Waals surface area contributed by atoms with Crippen molar-refractivity contribution in [1.82, 2.24) is 14.7 Å². The first-order chi connectivity index (χ1) is 10.1. The van der Waals surface area contributed by atoms with Crippen LogP contribution in [0.2, 0.25) is 0 Å². The normalized spacial score (nSPS) is 19.8. The number of hydrogen-bond acceptors (Lipinski definition) is 5. The molecule has 0 aliphatic carbocycles. The average molecular weight is 310 g/mol. The van der Waals surface area contributed by atoms with Gasteiger partial charge in [0.05, 0.1) is 17.3 Å². The zero-order valence-electron chi connectivity index (χ0n) is 13.7. The number of ether oxygens (including phenoxy) is 1. The lowest BCUT2D eigenvalue weighted by Gasteiger charge is -2.41. The number of rotatable bonds is 2. The molecule has 1 amide bonds. The van der Waals surface area contributed by atoms with Gasteiger partial charge in [-0.15, -0.1) is 0 Å². The Morgan fingerprint density at radius 3 is 2.50 bits per heavy atom. The number of aromatic nitrogens is 2. The Bertz CT molecular complexity index is 527. The monoisotopic (exact) mass is 310 g/mol. The Kier molecular flexibility index (Phi) is 4.49. The van der Waals surface area contributed by atoms with Crippen molar-refractivity contribution in [2.75, 3.05) is 13.1 Å². The molecule has 0 bridgehead atoms. The van der Waals surface area contributed by atoms with Crippen LogP contribution in [-0.2, 0) is 11.8 Å². The molecule has 0 spiro atoms. The predicted molar refractivity (Wildman–Crippen MR) is 82.1 cm³/mol. The van der Waals surface area contributed by atoms with E-state index in [2.05, 4.69) is 5.10 Å². The SMILES string of the molecule is Cn1nccc1C(N)C1(O)CCN(C(=O)OC(C)(C)C)CC1. The number of carbonyl (C=O) groups excluding carboxylic acids is 1. The maximum Gasteiger partial charge on any atom is 0.410 e. The van der Waals surface area contributed by atoms with E-state index in [1.165, 1.54) is 0 Å². The summed E-state index contributed by atoms with van der Waals surface area (Å²) in [5.41, 5.74) is 5.46. The van der Waals surface area contributed by atoms with E-state index in [1.807, 2.05) is 26.8 Å². The standard InChI is InChI=1S/C15H26N4O3/c1-14(2,3)22-13(20)19-9-6-15(21,7-10-19)12(16)11-5-8-17-18(11)4/h5,8,12,21H,6-7,9-10,16H2,1-4H3. The van der Waals surface area contributed by atoms with Gasteiger partial charge in [0.15, 0.2) is 0 Å². The molecule has 7 heteroatoms. The second-order valence-electron chi connectivity index (χ2n) is 6.93. The molecule has 0 aromatic carbocycles. The zero-order chi connectivity index (χ0) is 16.5. The highest BCUT2D eigenvalue weighted by atomic mass is 16.6. The molecule has 1 unspecified atom stereocenters. The van der Waals surface area contributed by atoms with Crippen molar-refractivity contribution in [3.05, 3.63) is 18.0 Å². The summed E-state index contributed by atoms with van der Waals surface area (Å²) in [6.07, 6.45) is 2.15. The van der Waals surface area contributed by atoms with Gasteiger partial charge in [0.2, 0.25) is 0 Å². The Labute approximate surface area is 131 Å². The maximum absolute atomic E-state index is 12.1. The number of nitrogens with two attached hydrogens (primary N) is 1. The first kappa shape index (κ1) is 16.8. The highest BCUT2D eigenvalue weighted by Crippen LogP contribution is 2.33. The van der Waals surface area contributed by atoms with E-state index in [1.54, 1.807) is 22.8 Å². The summed E-state index contributed by atoms with van der Waals surface area (Å²) in [6, 6.07) is 1.28. The molecule has 2 rings (SSSR count). The summed E-state index contributed by atoms with van der Waals surface area (Å²) in [7, 11) is 1.80. The first-order valence-corrected chi connectivity index (χ1v) is 7.56. The molecule has 7 nitrogen and oxygen atoms in total. The number of hydrogen-bond donors (Lipinski definition) is 2. The third-order valence-corrected chi connectivity index (χ3v) is 4.04. The number of piperidine rings is 1. The quantitative estimate of drug-likeness (QED) is 0.855. The van der Waals surface area contributed by atoms with Crippen molar-refractivity contribution in [2.45, 2.75) is 50.9 Å². The van der Waals surface area contributed by atoms with Gasteiger partial charge in [-0.3, -0.25) is 4.68 Å². The fourth-order valence-corrected chi connectivity index (χ4v) is 2.68. The topological polar surface area (TPSA) is 93.6 Å². The maximum atomic E-state index is 12.1. The van der Waals surface area contributed by atoms with E-state index < -0.39 is 17.2 Å². The molecule has 1 aliphatic rings. The van der Waals surface area contributed by atoms with Crippen LogP contribution in [0, 0.1) is 0 Å². The Hall–Kier alpha value is -1.60. The Morgan fingerprint density at radius 1 is 1.45 bits per heavy atom. The molecule has 1 aliphatic heterocycles. The van der Waals surface area contributed by atoms with Crippen LogP contribution in [0.3, 0.4) is 0 Å². The number of likely N-dealkylation sites (tertiary alicyclic amines) is 1. The first-order valence-electron chi connectivity index (χ1n) is 7.56. The van der Waals surface area contributed by atoms with Gasteiger partial charge in [-0.1, -0.05) is 0 Å². The molecule has 1 aromatic rings. The lowest BCUT2D eigenvalue weighted by atomic mass is 9.83. The summed E-state index contributed by atoms with van der Waals surface area (Å²) in [4.78, 5) is 13.7. The Morgan fingerprint density at radius 2 is 2.05 bits per heavy atom. The average Bonchev–Trinajstić information content (AvgIpc) is 2.82. The van der Waals surface area contributed by atoms with Crippen LogP contribution >= 0.6 is 0 Å². The van der Waals surface area contributed by atoms with Crippen molar-refractivity contribution in [2.24, 2.45) is 12.8 Å². The van der Waals surface area contributed by atoms with Crippen molar-refractivity contribution in [1.29, 1.82) is 0 Å². The van der Waals surface area contributed by atoms with Crippen LogP contribution in [0.1, 0.15) is 45.3 Å². The van der Waals surface area contributed by atoms with Crippen LogP contribution in [0.15, 0.2) is 12.3 Å². The van der Waals surface area contributed by atoms with Gasteiger partial charge in [-0.25, -0.2) is 4.79 Å². The van der Waals surface area contributed by atoms with Gasteiger partial charge in [0.25, 0.3) is 0 Å². The number of amides is 1. The fourth-order valence-electron chi connectivity index (χ4n) is 2.68. The summed E-state index contributed by atoms with van der Waals surface area (Å²) in [5, 5.41) is 14.9. The van der Waals surface area contributed by atoms with Crippen LogP contribution in [0.5, 0.6) is 0 Å². The third kappa shape index (κ3) is 3.59. The van der Waals surface area contributed by atoms with Gasteiger partial charge in [-0.2, -0.15) is 5.10 Å². The molecule has 3 N–H and O–H groups in total. The van der Waals surface area contributed by atoms with Crippen molar-refractivity contribution < 1.29 is 14.6 Å². The molecule has 1 fully saturated rings. The number of aryl methyl sites for hydroxylation is 1. The van der Waals surface area contributed by atoms with Gasteiger partial charge in [-0.05, 0) is 39.7 Å². The van der Waals surface area contributed by atoms with Gasteiger partial charge >= 0.3 is 6.09 Å². The van der Waals surface area contributed by atoms with Crippen LogP contribution < -0.4 is 5.73 Å². The minimum Gasteiger partial charge on any atom is -0.444 e. The molecular formula is C15H26N4O3. The van der Waals surface area contributed by atoms with Gasteiger partial charge in [0, 0.05) is 26.3 Å². The van der Waals surface area contributed by atoms with E-state index in [0.717, 1.165) is 5.69 Å². The highest BCUT2D eigenvalue weighted by Gasteiger charge is 2.41. The number of carbonyl (C=O) groups is 1. The second kappa shape index (κ2) is 5.89. The second-order valence-corrected chi connectivity index (χ2v) is 6.93. The lowest BCUT2D eigenvalue weighted by Crippen LogP contribution is -2.52. The van der Waals surface area contributed by atoms with Gasteiger partial charge < -0.3 is 20.5 Å². The number of aliphatic hydroxyl groups is 1. The Balaban J connectivity index is 1.99. The molecule has 1 aromatic heterocycles.